The molecule has 0 aliphatic heterocycles. The molecule has 22 heavy (non-hydrogen) atoms. The molecule has 0 bridgehead atoms. The third-order valence-corrected chi connectivity index (χ3v) is 5.62. The van der Waals surface area contributed by atoms with Crippen LogP contribution in [0.3, 0.4) is 0 Å². The van der Waals surface area contributed by atoms with E-state index in [2.05, 4.69) is 30.2 Å². The maximum atomic E-state index is 12.3. The summed E-state index contributed by atoms with van der Waals surface area (Å²) in [4.78, 5) is 16.8. The van der Waals surface area contributed by atoms with Gasteiger partial charge >= 0.3 is 0 Å². The quantitative estimate of drug-likeness (QED) is 0.610. The summed E-state index contributed by atoms with van der Waals surface area (Å²) in [5, 5.41) is 3.36. The molecule has 1 N–H and O–H groups in total. The molecule has 1 amide bonds. The Balaban J connectivity index is 1.93. The van der Waals surface area contributed by atoms with Crippen molar-refractivity contribution in [3.05, 3.63) is 44.1 Å². The van der Waals surface area contributed by atoms with E-state index in [1.807, 2.05) is 12.1 Å². The summed E-state index contributed by atoms with van der Waals surface area (Å²) >= 11 is 14.5. The molecule has 114 valence electrons. The number of carbonyl (C=O) groups is 1. The number of carbonyl (C=O) groups excluding carboxylic acids is 1. The van der Waals surface area contributed by atoms with Gasteiger partial charge in [0.25, 0.3) is 5.91 Å². The molecule has 3 nitrogen and oxygen atoms in total. The van der Waals surface area contributed by atoms with Crippen LogP contribution >= 0.6 is 45.9 Å². The van der Waals surface area contributed by atoms with Gasteiger partial charge in [-0.3, -0.25) is 10.1 Å². The van der Waals surface area contributed by atoms with Gasteiger partial charge in [-0.25, -0.2) is 4.98 Å². The first kappa shape index (κ1) is 15.7. The molecule has 0 saturated carbocycles. The molecule has 0 spiro atoms. The highest BCUT2D eigenvalue weighted by Gasteiger charge is 2.17. The number of fused-ring (bicyclic) bond motifs is 1. The minimum atomic E-state index is -0.293. The van der Waals surface area contributed by atoms with Crippen LogP contribution in [0.1, 0.15) is 35.7 Å². The van der Waals surface area contributed by atoms with Gasteiger partial charge in [0.15, 0.2) is 5.13 Å². The zero-order valence-corrected chi connectivity index (χ0v) is 15.0. The maximum Gasteiger partial charge on any atom is 0.259 e. The van der Waals surface area contributed by atoms with Gasteiger partial charge in [-0.2, -0.15) is 0 Å². The van der Waals surface area contributed by atoms with Crippen LogP contribution in [0, 0.1) is 0 Å². The van der Waals surface area contributed by atoms with Gasteiger partial charge in [-0.15, -0.1) is 11.3 Å². The molecule has 0 unspecified atom stereocenters. The van der Waals surface area contributed by atoms with Crippen LogP contribution in [0.25, 0.3) is 10.2 Å². The van der Waals surface area contributed by atoms with Gasteiger partial charge in [0.2, 0.25) is 0 Å². The normalized spacial score (nSPS) is 11.3. The van der Waals surface area contributed by atoms with Crippen molar-refractivity contribution in [2.45, 2.75) is 19.8 Å². The summed E-state index contributed by atoms with van der Waals surface area (Å²) in [7, 11) is 0. The molecular formula is C15H12Cl2N2OS2. The van der Waals surface area contributed by atoms with E-state index in [4.69, 9.17) is 23.2 Å². The van der Waals surface area contributed by atoms with Gasteiger partial charge in [-0.05, 0) is 23.6 Å². The van der Waals surface area contributed by atoms with Crippen LogP contribution in [-0.2, 0) is 0 Å². The van der Waals surface area contributed by atoms with Crippen molar-refractivity contribution in [2.24, 2.45) is 0 Å². The average molecular weight is 371 g/mol. The summed E-state index contributed by atoms with van der Waals surface area (Å²) in [5.41, 5.74) is 2.48. The molecule has 3 aromatic rings. The van der Waals surface area contributed by atoms with Crippen molar-refractivity contribution in [3.8, 4) is 0 Å². The highest BCUT2D eigenvalue weighted by atomic mass is 35.5. The topological polar surface area (TPSA) is 42.0 Å². The van der Waals surface area contributed by atoms with Crippen LogP contribution in [0.15, 0.2) is 24.3 Å². The van der Waals surface area contributed by atoms with Crippen LogP contribution in [-0.4, -0.2) is 10.9 Å². The number of hydrogen-bond acceptors (Lipinski definition) is 4. The first-order valence-corrected chi connectivity index (χ1v) is 9.00. The van der Waals surface area contributed by atoms with Crippen molar-refractivity contribution in [3.63, 3.8) is 0 Å². The van der Waals surface area contributed by atoms with Crippen LogP contribution in [0.2, 0.25) is 8.67 Å². The lowest BCUT2D eigenvalue weighted by atomic mass is 10.0. The van der Waals surface area contributed by atoms with E-state index >= 15 is 0 Å². The number of rotatable bonds is 3. The number of benzene rings is 1. The standard InChI is InChI=1S/C15H12Cl2N2OS2/c1-7(2)8-4-3-5-10-12(8)18-15(21-10)19-14(20)9-6-11(16)22-13(9)17/h3-7H,1-2H3,(H,18,19,20). The van der Waals surface area contributed by atoms with Crippen LogP contribution in [0.5, 0.6) is 0 Å². The monoisotopic (exact) mass is 370 g/mol. The Morgan fingerprint density at radius 1 is 1.27 bits per heavy atom. The van der Waals surface area contributed by atoms with Crippen molar-refractivity contribution in [2.75, 3.05) is 5.32 Å². The fourth-order valence-electron chi connectivity index (χ4n) is 2.15. The Morgan fingerprint density at radius 3 is 2.68 bits per heavy atom. The fourth-order valence-corrected chi connectivity index (χ4v) is 4.50. The molecule has 0 aliphatic rings. The lowest BCUT2D eigenvalue weighted by molar-refractivity contribution is 0.102. The average Bonchev–Trinajstić information content (AvgIpc) is 3.00. The van der Waals surface area contributed by atoms with Crippen LogP contribution in [0.4, 0.5) is 5.13 Å². The summed E-state index contributed by atoms with van der Waals surface area (Å²) in [6, 6.07) is 7.64. The fraction of sp³-hybridized carbons (Fsp3) is 0.200. The summed E-state index contributed by atoms with van der Waals surface area (Å²) in [6.45, 7) is 4.25. The smallest absolute Gasteiger partial charge is 0.259 e. The second-order valence-electron chi connectivity index (χ2n) is 5.06. The van der Waals surface area contributed by atoms with Gasteiger partial charge in [-0.1, -0.05) is 60.5 Å². The second kappa shape index (κ2) is 6.16. The molecule has 0 saturated heterocycles. The third kappa shape index (κ3) is 2.99. The highest BCUT2D eigenvalue weighted by Crippen LogP contribution is 2.34. The molecular weight excluding hydrogens is 359 g/mol. The number of hydrogen-bond donors (Lipinski definition) is 1. The molecule has 3 rings (SSSR count). The van der Waals surface area contributed by atoms with Crippen molar-refractivity contribution in [1.82, 2.24) is 4.98 Å². The van der Waals surface area contributed by atoms with Crippen molar-refractivity contribution < 1.29 is 4.79 Å². The van der Waals surface area contributed by atoms with E-state index in [0.717, 1.165) is 10.2 Å². The third-order valence-electron chi connectivity index (χ3n) is 3.19. The van der Waals surface area contributed by atoms with Crippen LogP contribution < -0.4 is 5.32 Å². The largest absolute Gasteiger partial charge is 0.298 e. The molecule has 0 fully saturated rings. The Bertz CT molecular complexity index is 854. The number of halogens is 2. The van der Waals surface area contributed by atoms with Gasteiger partial charge in [0.1, 0.15) is 4.34 Å². The molecule has 7 heteroatoms. The van der Waals surface area contributed by atoms with E-state index in [-0.39, 0.29) is 5.91 Å². The van der Waals surface area contributed by atoms with Crippen molar-refractivity contribution in [1.29, 1.82) is 0 Å². The number of para-hydroxylation sites is 1. The molecule has 0 aliphatic carbocycles. The molecule has 2 aromatic heterocycles. The predicted molar refractivity (Wildman–Crippen MR) is 96.0 cm³/mol. The predicted octanol–water partition coefficient (Wildman–Crippen LogP) is 6.04. The van der Waals surface area contributed by atoms with Gasteiger partial charge in [0.05, 0.1) is 20.1 Å². The van der Waals surface area contributed by atoms with E-state index in [9.17, 15) is 4.79 Å². The highest BCUT2D eigenvalue weighted by molar-refractivity contribution is 7.22. The van der Waals surface area contributed by atoms with Gasteiger partial charge < -0.3 is 0 Å². The molecule has 2 heterocycles. The number of anilines is 1. The lowest BCUT2D eigenvalue weighted by Crippen LogP contribution is -2.10. The number of nitrogens with zero attached hydrogens (tertiary/aromatic N) is 1. The SMILES string of the molecule is CC(C)c1cccc2sc(NC(=O)c3cc(Cl)sc3Cl)nc12. The Labute approximate surface area is 145 Å². The first-order chi connectivity index (χ1) is 10.5. The zero-order chi connectivity index (χ0) is 15.9. The second-order valence-corrected chi connectivity index (χ2v) is 8.38. The Kier molecular flexibility index (Phi) is 4.41. The van der Waals surface area contributed by atoms with Gasteiger partial charge in [0, 0.05) is 0 Å². The Hall–Kier alpha value is -1.14. The first-order valence-electron chi connectivity index (χ1n) is 6.61. The van der Waals surface area contributed by atoms with E-state index in [1.165, 1.54) is 28.2 Å². The Morgan fingerprint density at radius 2 is 2.05 bits per heavy atom. The number of thiophene rings is 1. The minimum absolute atomic E-state index is 0.293. The number of amides is 1. The lowest BCUT2D eigenvalue weighted by Gasteiger charge is -2.04. The van der Waals surface area contributed by atoms with E-state index < -0.39 is 0 Å². The van der Waals surface area contributed by atoms with E-state index in [1.54, 1.807) is 6.07 Å². The zero-order valence-electron chi connectivity index (χ0n) is 11.8. The minimum Gasteiger partial charge on any atom is -0.298 e. The molecule has 0 atom stereocenters. The molecule has 0 radical (unpaired) electrons. The van der Waals surface area contributed by atoms with E-state index in [0.29, 0.717) is 25.3 Å². The summed E-state index contributed by atoms with van der Waals surface area (Å²) in [6.07, 6.45) is 0. The number of nitrogens with one attached hydrogen (secondary N) is 1. The summed E-state index contributed by atoms with van der Waals surface area (Å²) in [5.74, 6) is 0.0813. The molecule has 1 aromatic carbocycles. The summed E-state index contributed by atoms with van der Waals surface area (Å²) < 4.78 is 1.92. The van der Waals surface area contributed by atoms with Crippen molar-refractivity contribution >= 4 is 67.1 Å². The maximum absolute atomic E-state index is 12.3. The number of aromatic nitrogens is 1. The number of thiazole rings is 1.